The van der Waals surface area contributed by atoms with Gasteiger partial charge in [-0.05, 0) is 26.7 Å². The van der Waals surface area contributed by atoms with Crippen molar-refractivity contribution in [2.24, 2.45) is 0 Å². The van der Waals surface area contributed by atoms with Gasteiger partial charge in [0, 0.05) is 24.4 Å². The van der Waals surface area contributed by atoms with Crippen LogP contribution < -0.4 is 0 Å². The number of nitrogens with zero attached hydrogens (tertiary/aromatic N) is 3. The van der Waals surface area contributed by atoms with Crippen LogP contribution in [0, 0.1) is 22.7 Å². The van der Waals surface area contributed by atoms with E-state index < -0.39 is 5.83 Å². The normalized spacial score (nSPS) is 18.4. The molecule has 84 valence electrons. The number of nitriles is 2. The molecule has 1 fully saturated rings. The lowest BCUT2D eigenvalue weighted by Crippen LogP contribution is -2.18. The molecule has 0 aromatic rings. The van der Waals surface area contributed by atoms with Gasteiger partial charge in [0.15, 0.2) is 0 Å². The van der Waals surface area contributed by atoms with Crippen LogP contribution in [0.2, 0.25) is 0 Å². The van der Waals surface area contributed by atoms with Crippen LogP contribution in [-0.4, -0.2) is 18.0 Å². The van der Waals surface area contributed by atoms with Gasteiger partial charge in [-0.15, -0.1) is 0 Å². The van der Waals surface area contributed by atoms with Crippen molar-refractivity contribution in [1.82, 2.24) is 4.90 Å². The summed E-state index contributed by atoms with van der Waals surface area (Å²) < 4.78 is 13.1. The van der Waals surface area contributed by atoms with Gasteiger partial charge in [0.1, 0.15) is 12.1 Å². The lowest BCUT2D eigenvalue weighted by Gasteiger charge is -2.19. The minimum Gasteiger partial charge on any atom is -0.374 e. The Morgan fingerprint density at radius 3 is 2.12 bits per heavy atom. The second-order valence-corrected chi connectivity index (χ2v) is 3.82. The van der Waals surface area contributed by atoms with Crippen LogP contribution in [0.25, 0.3) is 0 Å². The zero-order valence-corrected chi connectivity index (χ0v) is 9.55. The van der Waals surface area contributed by atoms with Crippen LogP contribution >= 0.6 is 0 Å². The largest absolute Gasteiger partial charge is 0.374 e. The van der Waals surface area contributed by atoms with Crippen molar-refractivity contribution in [2.75, 3.05) is 13.1 Å². The van der Waals surface area contributed by atoms with E-state index in [9.17, 15) is 4.39 Å². The number of halogens is 1. The first kappa shape index (κ1) is 12.3. The first-order valence-electron chi connectivity index (χ1n) is 5.24. The number of rotatable bonds is 2. The predicted octanol–water partition coefficient (Wildman–Crippen LogP) is 2.65. The third-order valence-electron chi connectivity index (χ3n) is 2.86. The Hall–Kier alpha value is -1.81. The summed E-state index contributed by atoms with van der Waals surface area (Å²) in [6, 6.07) is 3.42. The molecule has 3 nitrogen and oxygen atoms in total. The topological polar surface area (TPSA) is 50.8 Å². The smallest absolute Gasteiger partial charge is 0.204 e. The Bertz CT molecular complexity index is 415. The lowest BCUT2D eigenvalue weighted by atomic mass is 10.1. The SMILES string of the molecule is CC(=C(/F)C#N)/C(C#N)=C(\C)N1CCCC1. The third-order valence-corrected chi connectivity index (χ3v) is 2.86. The summed E-state index contributed by atoms with van der Waals surface area (Å²) in [6.45, 7) is 5.08. The average Bonchev–Trinajstić information content (AvgIpc) is 2.82. The number of likely N-dealkylation sites (tertiary alicyclic amines) is 1. The molecule has 0 bridgehead atoms. The second-order valence-electron chi connectivity index (χ2n) is 3.82. The van der Waals surface area contributed by atoms with Crippen LogP contribution in [0.15, 0.2) is 22.7 Å². The van der Waals surface area contributed by atoms with Crippen LogP contribution in [0.1, 0.15) is 26.7 Å². The monoisotopic (exact) mass is 219 g/mol. The molecular formula is C12H14FN3. The van der Waals surface area contributed by atoms with Gasteiger partial charge in [-0.1, -0.05) is 0 Å². The summed E-state index contributed by atoms with van der Waals surface area (Å²) in [5, 5.41) is 17.5. The summed E-state index contributed by atoms with van der Waals surface area (Å²) in [5.74, 6) is -0.880. The highest BCUT2D eigenvalue weighted by Crippen LogP contribution is 2.23. The van der Waals surface area contributed by atoms with Crippen LogP contribution in [0.4, 0.5) is 4.39 Å². The summed E-state index contributed by atoms with van der Waals surface area (Å²) >= 11 is 0. The minimum absolute atomic E-state index is 0.134. The zero-order valence-electron chi connectivity index (χ0n) is 9.55. The summed E-state index contributed by atoms with van der Waals surface area (Å²) in [4.78, 5) is 2.06. The van der Waals surface area contributed by atoms with Crippen molar-refractivity contribution >= 4 is 0 Å². The fraction of sp³-hybridized carbons (Fsp3) is 0.500. The highest BCUT2D eigenvalue weighted by atomic mass is 19.1. The van der Waals surface area contributed by atoms with Gasteiger partial charge < -0.3 is 4.90 Å². The molecule has 0 unspecified atom stereocenters. The molecular weight excluding hydrogens is 205 g/mol. The van der Waals surface area contributed by atoms with E-state index in [2.05, 4.69) is 4.90 Å². The Balaban J connectivity index is 3.11. The van der Waals surface area contributed by atoms with Crippen molar-refractivity contribution in [3.05, 3.63) is 22.7 Å². The van der Waals surface area contributed by atoms with E-state index in [1.165, 1.54) is 13.0 Å². The quantitative estimate of drug-likeness (QED) is 0.530. The van der Waals surface area contributed by atoms with E-state index in [0.717, 1.165) is 31.6 Å². The molecule has 0 aliphatic carbocycles. The molecule has 0 aromatic carbocycles. The Labute approximate surface area is 95.1 Å². The van der Waals surface area contributed by atoms with E-state index in [1.54, 1.807) is 6.92 Å². The molecule has 0 aromatic heterocycles. The van der Waals surface area contributed by atoms with Crippen molar-refractivity contribution in [3.63, 3.8) is 0 Å². The molecule has 1 aliphatic rings. The van der Waals surface area contributed by atoms with Crippen molar-refractivity contribution in [2.45, 2.75) is 26.7 Å². The fourth-order valence-corrected chi connectivity index (χ4v) is 1.84. The van der Waals surface area contributed by atoms with Crippen LogP contribution in [-0.2, 0) is 0 Å². The van der Waals surface area contributed by atoms with E-state index >= 15 is 0 Å². The van der Waals surface area contributed by atoms with Gasteiger partial charge in [-0.25, -0.2) is 0 Å². The molecule has 0 amide bonds. The predicted molar refractivity (Wildman–Crippen MR) is 58.5 cm³/mol. The molecule has 1 saturated heterocycles. The van der Waals surface area contributed by atoms with E-state index in [0.29, 0.717) is 0 Å². The van der Waals surface area contributed by atoms with Gasteiger partial charge in [0.05, 0.1) is 5.57 Å². The molecule has 0 saturated carbocycles. The van der Waals surface area contributed by atoms with Crippen LogP contribution in [0.3, 0.4) is 0 Å². The fourth-order valence-electron chi connectivity index (χ4n) is 1.84. The van der Waals surface area contributed by atoms with Gasteiger partial charge >= 0.3 is 0 Å². The average molecular weight is 219 g/mol. The molecule has 0 atom stereocenters. The third kappa shape index (κ3) is 2.41. The number of hydrogen-bond acceptors (Lipinski definition) is 3. The molecule has 16 heavy (non-hydrogen) atoms. The standard InChI is InChI=1S/C12H14FN3/c1-9(12(13)8-15)11(7-14)10(2)16-5-3-4-6-16/h3-6H2,1-2H3/b11-10+,12-9-. The van der Waals surface area contributed by atoms with Gasteiger partial charge in [0.25, 0.3) is 0 Å². The first-order valence-corrected chi connectivity index (χ1v) is 5.24. The highest BCUT2D eigenvalue weighted by molar-refractivity contribution is 5.47. The lowest BCUT2D eigenvalue weighted by molar-refractivity contribution is 0.425. The molecule has 4 heteroatoms. The zero-order chi connectivity index (χ0) is 12.1. The van der Waals surface area contributed by atoms with Gasteiger partial charge in [-0.2, -0.15) is 14.9 Å². The summed E-state index contributed by atoms with van der Waals surface area (Å²) in [6.07, 6.45) is 2.19. The molecule has 0 radical (unpaired) electrons. The maximum atomic E-state index is 13.1. The summed E-state index contributed by atoms with van der Waals surface area (Å²) in [5.41, 5.74) is 1.18. The number of hydrogen-bond donors (Lipinski definition) is 0. The minimum atomic E-state index is -0.880. The van der Waals surface area contributed by atoms with Crippen molar-refractivity contribution in [3.8, 4) is 12.1 Å². The van der Waals surface area contributed by atoms with E-state index in [-0.39, 0.29) is 11.1 Å². The van der Waals surface area contributed by atoms with Gasteiger partial charge in [-0.3, -0.25) is 0 Å². The maximum Gasteiger partial charge on any atom is 0.204 e. The first-order chi connectivity index (χ1) is 7.61. The van der Waals surface area contributed by atoms with Crippen molar-refractivity contribution in [1.29, 1.82) is 10.5 Å². The molecule has 0 N–H and O–H groups in total. The highest BCUT2D eigenvalue weighted by Gasteiger charge is 2.17. The van der Waals surface area contributed by atoms with Crippen LogP contribution in [0.5, 0.6) is 0 Å². The second kappa shape index (κ2) is 5.32. The van der Waals surface area contributed by atoms with Gasteiger partial charge in [0.2, 0.25) is 5.83 Å². The Kier molecular flexibility index (Phi) is 4.08. The van der Waals surface area contributed by atoms with E-state index in [1.807, 2.05) is 6.07 Å². The Morgan fingerprint density at radius 2 is 1.69 bits per heavy atom. The molecule has 1 heterocycles. The molecule has 1 aliphatic heterocycles. The Morgan fingerprint density at radius 1 is 1.12 bits per heavy atom. The van der Waals surface area contributed by atoms with E-state index in [4.69, 9.17) is 10.5 Å². The maximum absolute atomic E-state index is 13.1. The molecule has 0 spiro atoms. The van der Waals surface area contributed by atoms with Crippen molar-refractivity contribution < 1.29 is 4.39 Å². The number of allylic oxidation sites excluding steroid dienone is 4. The summed E-state index contributed by atoms with van der Waals surface area (Å²) in [7, 11) is 0. The molecule has 1 rings (SSSR count).